The first-order valence-corrected chi connectivity index (χ1v) is 7.47. The number of aromatic nitrogens is 2. The zero-order valence-electron chi connectivity index (χ0n) is 12.5. The average molecular weight is 293 g/mol. The number of ether oxygens (including phenoxy) is 1. The van der Waals surface area contributed by atoms with Crippen LogP contribution < -0.4 is 4.74 Å². The first-order valence-electron chi connectivity index (χ1n) is 6.93. The molecule has 3 nitrogen and oxygen atoms in total. The molecule has 0 bridgehead atoms. The van der Waals surface area contributed by atoms with E-state index in [4.69, 9.17) is 16.3 Å². The van der Waals surface area contributed by atoms with Crippen LogP contribution in [-0.4, -0.2) is 9.78 Å². The Morgan fingerprint density at radius 3 is 2.70 bits per heavy atom. The van der Waals surface area contributed by atoms with E-state index in [0.717, 1.165) is 29.3 Å². The summed E-state index contributed by atoms with van der Waals surface area (Å²) in [4.78, 5) is 0. The van der Waals surface area contributed by atoms with Crippen molar-refractivity contribution >= 4 is 11.6 Å². The summed E-state index contributed by atoms with van der Waals surface area (Å²) in [6.07, 6.45) is 1.08. The van der Waals surface area contributed by atoms with E-state index in [1.165, 1.54) is 5.56 Å². The molecular formula is C16H21ClN2O. The molecule has 1 atom stereocenters. The van der Waals surface area contributed by atoms with Crippen molar-refractivity contribution < 1.29 is 4.74 Å². The summed E-state index contributed by atoms with van der Waals surface area (Å²) < 4.78 is 7.87. The summed E-state index contributed by atoms with van der Waals surface area (Å²) >= 11 is 6.01. The summed E-state index contributed by atoms with van der Waals surface area (Å²) in [6, 6.07) is 8.16. The highest BCUT2D eigenvalue weighted by Gasteiger charge is 2.17. The number of alkyl halides is 1. The molecule has 0 radical (unpaired) electrons. The van der Waals surface area contributed by atoms with Crippen molar-refractivity contribution in [3.8, 4) is 11.6 Å². The SMILES string of the molecule is CCC(C)c1ccccc1Oc1c(CCl)c(C)nn1C. The van der Waals surface area contributed by atoms with Gasteiger partial charge in [-0.25, -0.2) is 4.68 Å². The van der Waals surface area contributed by atoms with Crippen molar-refractivity contribution in [2.75, 3.05) is 0 Å². The van der Waals surface area contributed by atoms with Gasteiger partial charge in [0.05, 0.1) is 17.1 Å². The molecule has 1 aromatic carbocycles. The molecule has 1 unspecified atom stereocenters. The number of rotatable bonds is 5. The third kappa shape index (κ3) is 2.83. The van der Waals surface area contributed by atoms with E-state index < -0.39 is 0 Å². The minimum Gasteiger partial charge on any atom is -0.439 e. The molecule has 0 aliphatic rings. The number of hydrogen-bond acceptors (Lipinski definition) is 2. The minimum atomic E-state index is 0.403. The van der Waals surface area contributed by atoms with Crippen LogP contribution in [0.3, 0.4) is 0 Å². The molecule has 0 spiro atoms. The third-order valence-electron chi connectivity index (χ3n) is 3.69. The van der Waals surface area contributed by atoms with Crippen LogP contribution in [0.15, 0.2) is 24.3 Å². The summed E-state index contributed by atoms with van der Waals surface area (Å²) in [5.74, 6) is 2.48. The maximum atomic E-state index is 6.12. The van der Waals surface area contributed by atoms with Gasteiger partial charge in [0.2, 0.25) is 5.88 Å². The molecular weight excluding hydrogens is 272 g/mol. The molecule has 0 saturated carbocycles. The van der Waals surface area contributed by atoms with Crippen LogP contribution >= 0.6 is 11.6 Å². The van der Waals surface area contributed by atoms with Gasteiger partial charge in [-0.2, -0.15) is 5.10 Å². The van der Waals surface area contributed by atoms with E-state index in [2.05, 4.69) is 25.0 Å². The second-order valence-electron chi connectivity index (χ2n) is 5.08. The molecule has 0 amide bonds. The first kappa shape index (κ1) is 14.9. The Balaban J connectivity index is 2.40. The fraction of sp³-hybridized carbons (Fsp3) is 0.438. The quantitative estimate of drug-likeness (QED) is 0.742. The van der Waals surface area contributed by atoms with Crippen LogP contribution in [-0.2, 0) is 12.9 Å². The third-order valence-corrected chi connectivity index (χ3v) is 3.96. The number of halogens is 1. The highest BCUT2D eigenvalue weighted by atomic mass is 35.5. The van der Waals surface area contributed by atoms with Crippen LogP contribution in [0.4, 0.5) is 0 Å². The second-order valence-corrected chi connectivity index (χ2v) is 5.34. The van der Waals surface area contributed by atoms with E-state index in [0.29, 0.717) is 11.8 Å². The summed E-state index contributed by atoms with van der Waals surface area (Å²) in [7, 11) is 1.88. The molecule has 0 aliphatic heterocycles. The number of hydrogen-bond donors (Lipinski definition) is 0. The fourth-order valence-corrected chi connectivity index (χ4v) is 2.57. The van der Waals surface area contributed by atoms with Crippen molar-refractivity contribution in [3.63, 3.8) is 0 Å². The topological polar surface area (TPSA) is 27.1 Å². The zero-order chi connectivity index (χ0) is 14.7. The van der Waals surface area contributed by atoms with E-state index in [1.807, 2.05) is 32.2 Å². The Hall–Kier alpha value is -1.48. The Morgan fingerprint density at radius 2 is 2.05 bits per heavy atom. The lowest BCUT2D eigenvalue weighted by Crippen LogP contribution is -2.00. The standard InChI is InChI=1S/C16H21ClN2O/c1-5-11(2)13-8-6-7-9-15(13)20-16-14(10-17)12(3)18-19(16)4/h6-9,11H,5,10H2,1-4H3. The molecule has 0 N–H and O–H groups in total. The highest BCUT2D eigenvalue weighted by molar-refractivity contribution is 6.17. The lowest BCUT2D eigenvalue weighted by atomic mass is 9.98. The molecule has 4 heteroatoms. The van der Waals surface area contributed by atoms with Crippen LogP contribution in [0.1, 0.15) is 43.0 Å². The maximum absolute atomic E-state index is 6.12. The van der Waals surface area contributed by atoms with Crippen molar-refractivity contribution in [1.82, 2.24) is 9.78 Å². The summed E-state index contributed by atoms with van der Waals surface area (Å²) in [5.41, 5.74) is 3.08. The maximum Gasteiger partial charge on any atom is 0.222 e. The number of aryl methyl sites for hydroxylation is 2. The van der Waals surface area contributed by atoms with Gasteiger partial charge in [0.15, 0.2) is 0 Å². The molecule has 1 aromatic heterocycles. The monoisotopic (exact) mass is 292 g/mol. The van der Waals surface area contributed by atoms with Gasteiger partial charge in [-0.1, -0.05) is 32.0 Å². The van der Waals surface area contributed by atoms with Crippen LogP contribution in [0.25, 0.3) is 0 Å². The van der Waals surface area contributed by atoms with E-state index >= 15 is 0 Å². The Labute approximate surface area is 125 Å². The van der Waals surface area contributed by atoms with E-state index in [1.54, 1.807) is 4.68 Å². The smallest absolute Gasteiger partial charge is 0.222 e. The fourth-order valence-electron chi connectivity index (χ4n) is 2.27. The molecule has 0 saturated heterocycles. The van der Waals surface area contributed by atoms with Crippen LogP contribution in [0.5, 0.6) is 11.6 Å². The van der Waals surface area contributed by atoms with Gasteiger partial charge in [0.1, 0.15) is 5.75 Å². The largest absolute Gasteiger partial charge is 0.439 e. The first-order chi connectivity index (χ1) is 9.58. The molecule has 108 valence electrons. The number of para-hydroxylation sites is 1. The molecule has 2 rings (SSSR count). The Bertz CT molecular complexity index is 592. The predicted octanol–water partition coefficient (Wildman–Crippen LogP) is 4.77. The zero-order valence-corrected chi connectivity index (χ0v) is 13.2. The van der Waals surface area contributed by atoms with Gasteiger partial charge in [0.25, 0.3) is 0 Å². The van der Waals surface area contributed by atoms with Gasteiger partial charge in [-0.05, 0) is 30.9 Å². The molecule has 20 heavy (non-hydrogen) atoms. The highest BCUT2D eigenvalue weighted by Crippen LogP contribution is 2.34. The van der Waals surface area contributed by atoms with Crippen molar-refractivity contribution in [1.29, 1.82) is 0 Å². The lowest BCUT2D eigenvalue weighted by molar-refractivity contribution is 0.419. The summed E-state index contributed by atoms with van der Waals surface area (Å²) in [6.45, 7) is 6.34. The molecule has 1 heterocycles. The van der Waals surface area contributed by atoms with Crippen molar-refractivity contribution in [2.24, 2.45) is 7.05 Å². The summed E-state index contributed by atoms with van der Waals surface area (Å²) in [5, 5.41) is 4.38. The van der Waals surface area contributed by atoms with Gasteiger partial charge in [0, 0.05) is 7.05 Å². The Kier molecular flexibility index (Phi) is 4.71. The predicted molar refractivity (Wildman–Crippen MR) is 82.7 cm³/mol. The van der Waals surface area contributed by atoms with Gasteiger partial charge in [-0.3, -0.25) is 0 Å². The van der Waals surface area contributed by atoms with Crippen LogP contribution in [0.2, 0.25) is 0 Å². The molecule has 2 aromatic rings. The Morgan fingerprint density at radius 1 is 1.35 bits per heavy atom. The van der Waals surface area contributed by atoms with Gasteiger partial charge >= 0.3 is 0 Å². The van der Waals surface area contributed by atoms with E-state index in [-0.39, 0.29) is 0 Å². The van der Waals surface area contributed by atoms with Crippen molar-refractivity contribution in [2.45, 2.75) is 39.0 Å². The van der Waals surface area contributed by atoms with E-state index in [9.17, 15) is 0 Å². The number of nitrogens with zero attached hydrogens (tertiary/aromatic N) is 2. The van der Waals surface area contributed by atoms with Crippen molar-refractivity contribution in [3.05, 3.63) is 41.1 Å². The minimum absolute atomic E-state index is 0.403. The number of benzene rings is 1. The second kappa shape index (κ2) is 6.31. The van der Waals surface area contributed by atoms with Crippen LogP contribution in [0, 0.1) is 6.92 Å². The average Bonchev–Trinajstić information content (AvgIpc) is 2.72. The normalized spacial score (nSPS) is 12.4. The van der Waals surface area contributed by atoms with Gasteiger partial charge in [-0.15, -0.1) is 11.6 Å². The molecule has 0 aliphatic carbocycles. The molecule has 0 fully saturated rings. The van der Waals surface area contributed by atoms with Gasteiger partial charge < -0.3 is 4.74 Å². The lowest BCUT2D eigenvalue weighted by Gasteiger charge is -2.16.